The number of rotatable bonds is 3. The van der Waals surface area contributed by atoms with Gasteiger partial charge in [0.2, 0.25) is 0 Å². The second-order valence-corrected chi connectivity index (χ2v) is 2.41. The van der Waals surface area contributed by atoms with Crippen LogP contribution in [0.25, 0.3) is 0 Å². The van der Waals surface area contributed by atoms with Gasteiger partial charge in [0.25, 0.3) is 0 Å². The van der Waals surface area contributed by atoms with Crippen LogP contribution in [0.1, 0.15) is 32.6 Å². The van der Waals surface area contributed by atoms with Crippen LogP contribution in [0.15, 0.2) is 0 Å². The lowest BCUT2D eigenvalue weighted by atomic mass is 10.3. The Kier molecular flexibility index (Phi) is 3.01. The number of hydrogen-bond acceptors (Lipinski definition) is 2. The first kappa shape index (κ1) is 7.03. The van der Waals surface area contributed by atoms with Crippen molar-refractivity contribution in [2.45, 2.75) is 38.7 Å². The lowest BCUT2D eigenvalue weighted by Crippen LogP contribution is -2.07. The Bertz CT molecular complexity index is 67.3. The minimum atomic E-state index is 0.393. The Morgan fingerprint density at radius 1 is 1.33 bits per heavy atom. The van der Waals surface area contributed by atoms with Gasteiger partial charge >= 0.3 is 0 Å². The summed E-state index contributed by atoms with van der Waals surface area (Å²) in [6.45, 7) is 2.60. The van der Waals surface area contributed by atoms with Crippen molar-refractivity contribution in [2.24, 2.45) is 0 Å². The second kappa shape index (κ2) is 3.85. The molecule has 1 saturated carbocycles. The third-order valence-electron chi connectivity index (χ3n) is 1.62. The molecule has 0 aliphatic heterocycles. The molecule has 0 aromatic rings. The van der Waals surface area contributed by atoms with Gasteiger partial charge in [-0.3, -0.25) is 0 Å². The first-order chi connectivity index (χ1) is 4.43. The average molecular weight is 130 g/mol. The second-order valence-electron chi connectivity index (χ2n) is 2.41. The van der Waals surface area contributed by atoms with Crippen molar-refractivity contribution in [3.8, 4) is 0 Å². The van der Waals surface area contributed by atoms with Crippen LogP contribution in [-0.2, 0) is 9.78 Å². The predicted octanol–water partition coefficient (Wildman–Crippen LogP) is 1.90. The molecule has 0 heterocycles. The fourth-order valence-electron chi connectivity index (χ4n) is 1.15. The van der Waals surface area contributed by atoms with E-state index in [1.165, 1.54) is 25.7 Å². The maximum atomic E-state index is 5.05. The van der Waals surface area contributed by atoms with Crippen molar-refractivity contribution < 1.29 is 9.78 Å². The van der Waals surface area contributed by atoms with Crippen molar-refractivity contribution in [2.75, 3.05) is 6.61 Å². The summed E-state index contributed by atoms with van der Waals surface area (Å²) in [4.78, 5) is 9.87. The zero-order valence-corrected chi connectivity index (χ0v) is 5.93. The van der Waals surface area contributed by atoms with E-state index < -0.39 is 0 Å². The molecule has 2 heteroatoms. The predicted molar refractivity (Wildman–Crippen MR) is 35.0 cm³/mol. The zero-order valence-electron chi connectivity index (χ0n) is 5.93. The van der Waals surface area contributed by atoms with Crippen molar-refractivity contribution in [1.29, 1.82) is 0 Å². The fraction of sp³-hybridized carbons (Fsp3) is 1.00. The van der Waals surface area contributed by atoms with E-state index >= 15 is 0 Å². The molecule has 0 amide bonds. The van der Waals surface area contributed by atoms with E-state index in [9.17, 15) is 0 Å². The molecule has 54 valence electrons. The third kappa shape index (κ3) is 2.33. The van der Waals surface area contributed by atoms with E-state index in [0.717, 1.165) is 0 Å². The Balaban J connectivity index is 1.98. The maximum Gasteiger partial charge on any atom is 0.0930 e. The maximum absolute atomic E-state index is 5.05. The average Bonchev–Trinajstić information content (AvgIpc) is 2.34. The standard InChI is InChI=1S/C7H14O2/c1-2-8-9-7-5-3-4-6-7/h7H,2-6H2,1H3. The molecule has 0 aromatic carbocycles. The van der Waals surface area contributed by atoms with Gasteiger partial charge in [0.15, 0.2) is 0 Å². The quantitative estimate of drug-likeness (QED) is 0.429. The van der Waals surface area contributed by atoms with Gasteiger partial charge < -0.3 is 0 Å². The summed E-state index contributed by atoms with van der Waals surface area (Å²) >= 11 is 0. The van der Waals surface area contributed by atoms with Gasteiger partial charge in [0, 0.05) is 0 Å². The Hall–Kier alpha value is -0.0800. The Morgan fingerprint density at radius 3 is 2.56 bits per heavy atom. The van der Waals surface area contributed by atoms with Gasteiger partial charge in [-0.2, -0.15) is 0 Å². The van der Waals surface area contributed by atoms with E-state index in [4.69, 9.17) is 9.78 Å². The monoisotopic (exact) mass is 130 g/mol. The van der Waals surface area contributed by atoms with Crippen LogP contribution in [0.3, 0.4) is 0 Å². The van der Waals surface area contributed by atoms with Crippen molar-refractivity contribution >= 4 is 0 Å². The summed E-state index contributed by atoms with van der Waals surface area (Å²) in [7, 11) is 0. The molecule has 1 fully saturated rings. The summed E-state index contributed by atoms with van der Waals surface area (Å²) in [5, 5.41) is 0. The highest BCUT2D eigenvalue weighted by Gasteiger charge is 2.15. The molecule has 0 atom stereocenters. The van der Waals surface area contributed by atoms with Crippen LogP contribution in [0.4, 0.5) is 0 Å². The highest BCUT2D eigenvalue weighted by Crippen LogP contribution is 2.20. The molecule has 0 unspecified atom stereocenters. The molecule has 0 radical (unpaired) electrons. The molecule has 0 bridgehead atoms. The van der Waals surface area contributed by atoms with Crippen molar-refractivity contribution in [1.82, 2.24) is 0 Å². The van der Waals surface area contributed by atoms with E-state index in [0.29, 0.717) is 12.7 Å². The van der Waals surface area contributed by atoms with Gasteiger partial charge in [-0.05, 0) is 19.8 Å². The molecule has 0 aromatic heterocycles. The molecule has 1 aliphatic rings. The first-order valence-electron chi connectivity index (χ1n) is 3.71. The van der Waals surface area contributed by atoms with E-state index in [-0.39, 0.29) is 0 Å². The van der Waals surface area contributed by atoms with E-state index in [2.05, 4.69) is 0 Å². The SMILES string of the molecule is CCOOC1CCCC1. The summed E-state index contributed by atoms with van der Waals surface area (Å²) < 4.78 is 0. The topological polar surface area (TPSA) is 18.5 Å². The first-order valence-corrected chi connectivity index (χ1v) is 3.71. The van der Waals surface area contributed by atoms with Crippen molar-refractivity contribution in [3.05, 3.63) is 0 Å². The molecule has 9 heavy (non-hydrogen) atoms. The van der Waals surface area contributed by atoms with Gasteiger partial charge in [-0.15, -0.1) is 0 Å². The van der Waals surface area contributed by atoms with E-state index in [1.54, 1.807) is 0 Å². The smallest absolute Gasteiger partial charge is 0.0930 e. The third-order valence-corrected chi connectivity index (χ3v) is 1.62. The van der Waals surface area contributed by atoms with Crippen LogP contribution < -0.4 is 0 Å². The highest BCUT2D eigenvalue weighted by atomic mass is 17.2. The molecular weight excluding hydrogens is 116 g/mol. The summed E-state index contributed by atoms with van der Waals surface area (Å²) in [6.07, 6.45) is 5.36. The van der Waals surface area contributed by atoms with Crippen LogP contribution in [0, 0.1) is 0 Å². The minimum absolute atomic E-state index is 0.393. The van der Waals surface area contributed by atoms with Crippen LogP contribution in [0.2, 0.25) is 0 Å². The van der Waals surface area contributed by atoms with Gasteiger partial charge in [-0.25, -0.2) is 9.78 Å². The fourth-order valence-corrected chi connectivity index (χ4v) is 1.15. The van der Waals surface area contributed by atoms with Gasteiger partial charge in [0.1, 0.15) is 0 Å². The molecule has 2 nitrogen and oxygen atoms in total. The molecule has 0 spiro atoms. The molecule has 1 rings (SSSR count). The molecule has 0 N–H and O–H groups in total. The Labute approximate surface area is 56.1 Å². The molecule has 0 saturated heterocycles. The van der Waals surface area contributed by atoms with E-state index in [1.807, 2.05) is 6.92 Å². The van der Waals surface area contributed by atoms with Gasteiger partial charge in [0.05, 0.1) is 12.7 Å². The molecular formula is C7H14O2. The molecule has 1 aliphatic carbocycles. The minimum Gasteiger partial charge on any atom is -0.237 e. The largest absolute Gasteiger partial charge is 0.237 e. The zero-order chi connectivity index (χ0) is 6.53. The van der Waals surface area contributed by atoms with Crippen LogP contribution in [-0.4, -0.2) is 12.7 Å². The summed E-state index contributed by atoms with van der Waals surface area (Å²) in [6, 6.07) is 0. The lowest BCUT2D eigenvalue weighted by Gasteiger charge is -2.06. The normalized spacial score (nSPS) is 21.0. The summed E-state index contributed by atoms with van der Waals surface area (Å²) in [5.41, 5.74) is 0. The van der Waals surface area contributed by atoms with Crippen molar-refractivity contribution in [3.63, 3.8) is 0 Å². The Morgan fingerprint density at radius 2 is 2.00 bits per heavy atom. The van der Waals surface area contributed by atoms with Gasteiger partial charge in [-0.1, -0.05) is 12.8 Å². The highest BCUT2D eigenvalue weighted by molar-refractivity contribution is 4.64. The van der Waals surface area contributed by atoms with Crippen LogP contribution >= 0.6 is 0 Å². The summed E-state index contributed by atoms with van der Waals surface area (Å²) in [5.74, 6) is 0. The van der Waals surface area contributed by atoms with Crippen LogP contribution in [0.5, 0.6) is 0 Å². The number of hydrogen-bond donors (Lipinski definition) is 0. The lowest BCUT2D eigenvalue weighted by molar-refractivity contribution is -0.319.